The number of likely N-dealkylation sites (tertiary alicyclic amines) is 1. The number of nitrogens with one attached hydrogen (secondary N) is 1. The Morgan fingerprint density at radius 2 is 2.26 bits per heavy atom. The predicted octanol–water partition coefficient (Wildman–Crippen LogP) is 3.48. The number of aromatic amines is 1. The van der Waals surface area contributed by atoms with Crippen LogP contribution in [0.3, 0.4) is 0 Å². The van der Waals surface area contributed by atoms with Gasteiger partial charge in [0, 0.05) is 10.9 Å². The third-order valence-electron chi connectivity index (χ3n) is 4.53. The molecule has 0 atom stereocenters. The van der Waals surface area contributed by atoms with E-state index in [1.807, 2.05) is 17.5 Å². The Balaban J connectivity index is 1.65. The lowest BCUT2D eigenvalue weighted by Gasteiger charge is -2.29. The van der Waals surface area contributed by atoms with Crippen molar-refractivity contribution < 1.29 is 4.42 Å². The van der Waals surface area contributed by atoms with Crippen molar-refractivity contribution in [1.82, 2.24) is 14.9 Å². The monoisotopic (exact) mass is 329 g/mol. The maximum atomic E-state index is 12.5. The molecule has 0 saturated carbocycles. The highest BCUT2D eigenvalue weighted by atomic mass is 32.1. The molecule has 3 aromatic heterocycles. The van der Waals surface area contributed by atoms with Gasteiger partial charge in [-0.15, -0.1) is 11.3 Å². The Bertz CT molecular complexity index is 858. The van der Waals surface area contributed by atoms with E-state index in [-0.39, 0.29) is 5.56 Å². The van der Waals surface area contributed by atoms with Crippen LogP contribution in [0, 0.1) is 5.92 Å². The molecule has 1 saturated heterocycles. The van der Waals surface area contributed by atoms with Gasteiger partial charge in [-0.05, 0) is 44.0 Å². The number of aromatic nitrogens is 2. The summed E-state index contributed by atoms with van der Waals surface area (Å²) in [5.41, 5.74) is 0.741. The Morgan fingerprint density at radius 1 is 1.43 bits per heavy atom. The van der Waals surface area contributed by atoms with Crippen molar-refractivity contribution in [2.45, 2.75) is 26.3 Å². The van der Waals surface area contributed by atoms with Crippen LogP contribution in [0.2, 0.25) is 0 Å². The molecule has 1 N–H and O–H groups in total. The lowest BCUT2D eigenvalue weighted by atomic mass is 9.99. The van der Waals surface area contributed by atoms with Crippen LogP contribution in [0.15, 0.2) is 33.0 Å². The van der Waals surface area contributed by atoms with Gasteiger partial charge in [0.2, 0.25) is 0 Å². The van der Waals surface area contributed by atoms with Crippen LogP contribution in [-0.2, 0) is 6.54 Å². The number of nitrogens with zero attached hydrogens (tertiary/aromatic N) is 2. The number of H-pyrrole nitrogens is 1. The molecule has 1 aliphatic heterocycles. The van der Waals surface area contributed by atoms with Gasteiger partial charge in [0.15, 0.2) is 0 Å². The van der Waals surface area contributed by atoms with Gasteiger partial charge in [-0.25, -0.2) is 4.98 Å². The van der Waals surface area contributed by atoms with E-state index in [0.717, 1.165) is 35.2 Å². The van der Waals surface area contributed by atoms with E-state index in [4.69, 9.17) is 4.42 Å². The third kappa shape index (κ3) is 2.84. The number of furan rings is 1. The summed E-state index contributed by atoms with van der Waals surface area (Å²) in [5, 5.41) is 2.57. The SMILES string of the molecule is CC1CCN(Cc2nc3scc(-c4ccco4)c3c(=O)[nH]2)CC1. The Labute approximate surface area is 138 Å². The number of rotatable bonds is 3. The fourth-order valence-corrected chi connectivity index (χ4v) is 4.06. The van der Waals surface area contributed by atoms with E-state index < -0.39 is 0 Å². The van der Waals surface area contributed by atoms with Gasteiger partial charge in [0.05, 0.1) is 18.2 Å². The molecule has 0 aromatic carbocycles. The fourth-order valence-electron chi connectivity index (χ4n) is 3.11. The van der Waals surface area contributed by atoms with Crippen molar-refractivity contribution in [3.63, 3.8) is 0 Å². The molecule has 4 heterocycles. The molecular weight excluding hydrogens is 310 g/mol. The third-order valence-corrected chi connectivity index (χ3v) is 5.40. The van der Waals surface area contributed by atoms with Gasteiger partial charge in [0.1, 0.15) is 16.4 Å². The van der Waals surface area contributed by atoms with Crippen molar-refractivity contribution in [2.24, 2.45) is 5.92 Å². The summed E-state index contributed by atoms with van der Waals surface area (Å²) >= 11 is 1.49. The van der Waals surface area contributed by atoms with Crippen molar-refractivity contribution in [3.05, 3.63) is 40.0 Å². The molecule has 0 bridgehead atoms. The molecule has 6 heteroatoms. The van der Waals surface area contributed by atoms with Gasteiger partial charge in [-0.2, -0.15) is 0 Å². The second kappa shape index (κ2) is 5.94. The summed E-state index contributed by atoms with van der Waals surface area (Å²) in [6.07, 6.45) is 4.05. The van der Waals surface area contributed by atoms with Crippen molar-refractivity contribution in [3.8, 4) is 11.3 Å². The van der Waals surface area contributed by atoms with Crippen LogP contribution >= 0.6 is 11.3 Å². The van der Waals surface area contributed by atoms with E-state index in [1.165, 1.54) is 24.2 Å². The minimum atomic E-state index is -0.0805. The first-order valence-electron chi connectivity index (χ1n) is 7.97. The summed E-state index contributed by atoms with van der Waals surface area (Å²) in [4.78, 5) is 23.3. The minimum Gasteiger partial charge on any atom is -0.464 e. The van der Waals surface area contributed by atoms with Crippen molar-refractivity contribution in [1.29, 1.82) is 0 Å². The summed E-state index contributed by atoms with van der Waals surface area (Å²) in [6, 6.07) is 3.69. The van der Waals surface area contributed by atoms with E-state index in [9.17, 15) is 4.79 Å². The van der Waals surface area contributed by atoms with Crippen molar-refractivity contribution in [2.75, 3.05) is 13.1 Å². The summed E-state index contributed by atoms with van der Waals surface area (Å²) in [6.45, 7) is 5.16. The lowest BCUT2D eigenvalue weighted by molar-refractivity contribution is 0.181. The molecule has 1 aliphatic rings. The van der Waals surface area contributed by atoms with E-state index in [1.54, 1.807) is 6.26 Å². The quantitative estimate of drug-likeness (QED) is 0.799. The Hall–Kier alpha value is -1.92. The average Bonchev–Trinajstić information content (AvgIpc) is 3.18. The fraction of sp³-hybridized carbons (Fsp3) is 0.412. The topological polar surface area (TPSA) is 62.1 Å². The largest absolute Gasteiger partial charge is 0.464 e. The second-order valence-corrected chi connectivity index (χ2v) is 7.14. The van der Waals surface area contributed by atoms with Gasteiger partial charge >= 0.3 is 0 Å². The summed E-state index contributed by atoms with van der Waals surface area (Å²) in [7, 11) is 0. The predicted molar refractivity (Wildman–Crippen MR) is 91.6 cm³/mol. The number of hydrogen-bond acceptors (Lipinski definition) is 5. The maximum absolute atomic E-state index is 12.5. The molecule has 0 unspecified atom stereocenters. The molecule has 0 radical (unpaired) electrons. The highest BCUT2D eigenvalue weighted by molar-refractivity contribution is 7.17. The molecule has 0 aliphatic carbocycles. The molecule has 1 fully saturated rings. The number of hydrogen-bond donors (Lipinski definition) is 1. The van der Waals surface area contributed by atoms with Crippen molar-refractivity contribution >= 4 is 21.6 Å². The van der Waals surface area contributed by atoms with E-state index >= 15 is 0 Å². The van der Waals surface area contributed by atoms with Gasteiger partial charge in [-0.3, -0.25) is 9.69 Å². The Kier molecular flexibility index (Phi) is 3.79. The van der Waals surface area contributed by atoms with Crippen LogP contribution in [-0.4, -0.2) is 28.0 Å². The second-order valence-electron chi connectivity index (χ2n) is 6.28. The Morgan fingerprint density at radius 3 is 3.00 bits per heavy atom. The molecule has 0 spiro atoms. The molecule has 5 nitrogen and oxygen atoms in total. The first-order valence-corrected chi connectivity index (χ1v) is 8.85. The van der Waals surface area contributed by atoms with Crippen LogP contribution in [0.1, 0.15) is 25.6 Å². The maximum Gasteiger partial charge on any atom is 0.260 e. The summed E-state index contributed by atoms with van der Waals surface area (Å²) < 4.78 is 5.42. The standard InChI is InChI=1S/C17H19N3O2S/c1-11-4-6-20(7-5-11)9-14-18-16(21)15-12(10-23-17(15)19-14)13-3-2-8-22-13/h2-3,8,10-11H,4-7,9H2,1H3,(H,18,19,21). The molecule has 3 aromatic rings. The van der Waals surface area contributed by atoms with Crippen LogP contribution in [0.25, 0.3) is 21.5 Å². The van der Waals surface area contributed by atoms with Gasteiger partial charge < -0.3 is 9.40 Å². The molecule has 23 heavy (non-hydrogen) atoms. The highest BCUT2D eigenvalue weighted by Crippen LogP contribution is 2.31. The van der Waals surface area contributed by atoms with Crippen LogP contribution in [0.5, 0.6) is 0 Å². The lowest BCUT2D eigenvalue weighted by Crippen LogP contribution is -2.33. The zero-order valence-corrected chi connectivity index (χ0v) is 13.9. The summed E-state index contributed by atoms with van der Waals surface area (Å²) in [5.74, 6) is 2.26. The molecule has 4 rings (SSSR count). The number of piperidine rings is 1. The number of thiophene rings is 1. The highest BCUT2D eigenvalue weighted by Gasteiger charge is 2.18. The number of fused-ring (bicyclic) bond motifs is 1. The van der Waals surface area contributed by atoms with Crippen LogP contribution in [0.4, 0.5) is 0 Å². The molecule has 0 amide bonds. The zero-order chi connectivity index (χ0) is 15.8. The van der Waals surface area contributed by atoms with E-state index in [2.05, 4.69) is 21.8 Å². The van der Waals surface area contributed by atoms with Gasteiger partial charge in [0.25, 0.3) is 5.56 Å². The first-order chi connectivity index (χ1) is 11.2. The zero-order valence-electron chi connectivity index (χ0n) is 13.0. The smallest absolute Gasteiger partial charge is 0.260 e. The van der Waals surface area contributed by atoms with Crippen LogP contribution < -0.4 is 5.56 Å². The van der Waals surface area contributed by atoms with Gasteiger partial charge in [-0.1, -0.05) is 6.92 Å². The normalized spacial score (nSPS) is 17.1. The molecule has 120 valence electrons. The van der Waals surface area contributed by atoms with E-state index in [0.29, 0.717) is 17.7 Å². The average molecular weight is 329 g/mol. The molecular formula is C17H19N3O2S. The minimum absolute atomic E-state index is 0.0805. The first kappa shape index (κ1) is 14.7.